The van der Waals surface area contributed by atoms with Crippen LogP contribution >= 0.6 is 0 Å². The van der Waals surface area contributed by atoms with Gasteiger partial charge in [-0.3, -0.25) is 0 Å². The van der Waals surface area contributed by atoms with Crippen LogP contribution in [0.15, 0.2) is 206 Å². The molecule has 2 nitrogen and oxygen atoms in total. The average Bonchev–Trinajstić information content (AvgIpc) is 4.00. The monoisotopic (exact) mass is 714 g/mol. The molecule has 0 saturated heterocycles. The lowest BCUT2D eigenvalue weighted by atomic mass is 10.0. The molecular weight excluding hydrogens is 681 g/mol. The van der Waals surface area contributed by atoms with Crippen molar-refractivity contribution in [2.24, 2.45) is 0 Å². The standard InChI is InChI=1S/C52H34N2Si/c1-3-17-35(18-4-1)45-33-37-21-7-11-25-41(37)53(45)43-27-15-31-49-51(43)39-23-9-13-29-47(39)55(49)48-30-14-10-24-40(48)52-44(28-16-32-50(52)55)54-42-26-12-8-22-38(42)34-46(54)36-19-5-2-6-20-36/h1-34H. The number of hydrogen-bond donors (Lipinski definition) is 0. The van der Waals surface area contributed by atoms with Crippen LogP contribution in [0, 0.1) is 0 Å². The van der Waals surface area contributed by atoms with Crippen LogP contribution in [0.4, 0.5) is 0 Å². The fourth-order valence-electron chi connectivity index (χ4n) is 10.0. The minimum absolute atomic E-state index is 1.21. The summed E-state index contributed by atoms with van der Waals surface area (Å²) >= 11 is 0. The molecular formula is C52H34N2Si. The van der Waals surface area contributed by atoms with Gasteiger partial charge in [0.05, 0.1) is 33.8 Å². The van der Waals surface area contributed by atoms with Crippen LogP contribution in [0.3, 0.4) is 0 Å². The van der Waals surface area contributed by atoms with Crippen molar-refractivity contribution in [1.82, 2.24) is 9.13 Å². The minimum atomic E-state index is -2.79. The maximum atomic E-state index is 2.52. The summed E-state index contributed by atoms with van der Waals surface area (Å²) in [6, 6.07) is 76.9. The van der Waals surface area contributed by atoms with Crippen molar-refractivity contribution >= 4 is 50.6 Å². The molecule has 4 heterocycles. The molecule has 0 radical (unpaired) electrons. The van der Waals surface area contributed by atoms with Crippen LogP contribution in [0.5, 0.6) is 0 Å². The third-order valence-electron chi connectivity index (χ3n) is 12.1. The van der Waals surface area contributed by atoms with Crippen LogP contribution in [0.1, 0.15) is 0 Å². The second kappa shape index (κ2) is 11.5. The summed E-state index contributed by atoms with van der Waals surface area (Å²) in [6.45, 7) is 0. The van der Waals surface area contributed by atoms with Gasteiger partial charge in [-0.25, -0.2) is 0 Å². The molecule has 8 aromatic carbocycles. The lowest BCUT2D eigenvalue weighted by molar-refractivity contribution is 1.14. The topological polar surface area (TPSA) is 9.86 Å². The van der Waals surface area contributed by atoms with Gasteiger partial charge in [-0.1, -0.05) is 170 Å². The minimum Gasteiger partial charge on any atom is -0.309 e. The molecule has 3 heteroatoms. The summed E-state index contributed by atoms with van der Waals surface area (Å²) in [4.78, 5) is 0. The number of hydrogen-bond acceptors (Lipinski definition) is 0. The van der Waals surface area contributed by atoms with E-state index >= 15 is 0 Å². The van der Waals surface area contributed by atoms with Crippen molar-refractivity contribution in [1.29, 1.82) is 0 Å². The number of rotatable bonds is 4. The fourth-order valence-corrected chi connectivity index (χ4v) is 15.7. The number of benzene rings is 8. The summed E-state index contributed by atoms with van der Waals surface area (Å²) in [7, 11) is -2.79. The second-order valence-electron chi connectivity index (χ2n) is 14.8. The molecule has 2 aliphatic rings. The normalized spacial score (nSPS) is 13.2. The molecule has 0 unspecified atom stereocenters. The molecule has 0 fully saturated rings. The summed E-state index contributed by atoms with van der Waals surface area (Å²) < 4.78 is 5.04. The Morgan fingerprint density at radius 2 is 0.691 bits per heavy atom. The molecule has 0 N–H and O–H groups in total. The molecule has 10 aromatic rings. The first-order valence-electron chi connectivity index (χ1n) is 19.1. The van der Waals surface area contributed by atoms with Gasteiger partial charge in [0.1, 0.15) is 0 Å². The zero-order chi connectivity index (χ0) is 36.1. The van der Waals surface area contributed by atoms with E-state index in [0.717, 1.165) is 0 Å². The Bertz CT molecular complexity index is 2940. The number of fused-ring (bicyclic) bond motifs is 12. The molecule has 1 spiro atoms. The van der Waals surface area contributed by atoms with E-state index in [1.165, 1.54) is 98.7 Å². The van der Waals surface area contributed by atoms with Crippen LogP contribution in [-0.2, 0) is 0 Å². The van der Waals surface area contributed by atoms with Gasteiger partial charge < -0.3 is 9.13 Å². The Morgan fingerprint density at radius 1 is 0.309 bits per heavy atom. The molecule has 0 amide bonds. The maximum absolute atomic E-state index is 2.79. The van der Waals surface area contributed by atoms with Crippen molar-refractivity contribution in [3.63, 3.8) is 0 Å². The summed E-state index contributed by atoms with van der Waals surface area (Å²) in [5.74, 6) is 0. The van der Waals surface area contributed by atoms with E-state index in [1.54, 1.807) is 0 Å². The fraction of sp³-hybridized carbons (Fsp3) is 0. The Labute approximate surface area is 320 Å². The largest absolute Gasteiger partial charge is 0.309 e. The molecule has 12 rings (SSSR count). The van der Waals surface area contributed by atoms with Crippen molar-refractivity contribution in [2.45, 2.75) is 0 Å². The van der Waals surface area contributed by atoms with Gasteiger partial charge in [0.25, 0.3) is 0 Å². The van der Waals surface area contributed by atoms with Crippen LogP contribution in [0.25, 0.3) is 77.9 Å². The lowest BCUT2D eigenvalue weighted by Gasteiger charge is -2.28. The third-order valence-corrected chi connectivity index (χ3v) is 17.1. The molecule has 0 bridgehead atoms. The maximum Gasteiger partial charge on any atom is 0.182 e. The summed E-state index contributed by atoms with van der Waals surface area (Å²) in [6.07, 6.45) is 0. The third kappa shape index (κ3) is 4.08. The highest BCUT2D eigenvalue weighted by Crippen LogP contribution is 2.44. The molecule has 0 atom stereocenters. The van der Waals surface area contributed by atoms with Crippen LogP contribution < -0.4 is 20.7 Å². The van der Waals surface area contributed by atoms with E-state index in [1.807, 2.05) is 0 Å². The first-order chi connectivity index (χ1) is 27.3. The quantitative estimate of drug-likeness (QED) is 0.161. The highest BCUT2D eigenvalue weighted by atomic mass is 28.3. The van der Waals surface area contributed by atoms with Crippen LogP contribution in [-0.4, -0.2) is 17.2 Å². The van der Waals surface area contributed by atoms with E-state index in [0.29, 0.717) is 0 Å². The van der Waals surface area contributed by atoms with Crippen molar-refractivity contribution in [3.8, 4) is 56.1 Å². The highest BCUT2D eigenvalue weighted by Gasteiger charge is 2.55. The summed E-state index contributed by atoms with van der Waals surface area (Å²) in [5, 5.41) is 8.36. The van der Waals surface area contributed by atoms with E-state index in [2.05, 4.69) is 215 Å². The van der Waals surface area contributed by atoms with Gasteiger partial charge >= 0.3 is 0 Å². The first kappa shape index (κ1) is 30.5. The van der Waals surface area contributed by atoms with Crippen LogP contribution in [0.2, 0.25) is 0 Å². The van der Waals surface area contributed by atoms with Gasteiger partial charge in [0.15, 0.2) is 8.07 Å². The Balaban J connectivity index is 1.20. The van der Waals surface area contributed by atoms with E-state index in [9.17, 15) is 0 Å². The zero-order valence-corrected chi connectivity index (χ0v) is 31.0. The number of aromatic nitrogens is 2. The van der Waals surface area contributed by atoms with Gasteiger partial charge in [-0.05, 0) is 79.4 Å². The smallest absolute Gasteiger partial charge is 0.182 e. The van der Waals surface area contributed by atoms with Gasteiger partial charge in [0.2, 0.25) is 0 Å². The Kier molecular flexibility index (Phi) is 6.39. The zero-order valence-electron chi connectivity index (χ0n) is 30.0. The predicted octanol–water partition coefficient (Wildman–Crippen LogP) is 10.2. The molecule has 0 saturated carbocycles. The first-order valence-corrected chi connectivity index (χ1v) is 21.1. The van der Waals surface area contributed by atoms with Gasteiger partial charge in [-0.2, -0.15) is 0 Å². The van der Waals surface area contributed by atoms with Crippen molar-refractivity contribution < 1.29 is 0 Å². The van der Waals surface area contributed by atoms with E-state index in [4.69, 9.17) is 0 Å². The molecule has 0 aliphatic carbocycles. The average molecular weight is 715 g/mol. The Hall–Kier alpha value is -6.94. The highest BCUT2D eigenvalue weighted by molar-refractivity contribution is 7.24. The Morgan fingerprint density at radius 3 is 1.16 bits per heavy atom. The SMILES string of the molecule is c1ccc(-c2cc3ccccc3n2-c2cccc3c2-c2ccccc2[Si]32c3ccccc3-c3c(-n4c(-c5ccccc5)cc5ccccc54)cccc32)cc1. The van der Waals surface area contributed by atoms with E-state index < -0.39 is 8.07 Å². The van der Waals surface area contributed by atoms with Gasteiger partial charge in [0, 0.05) is 21.9 Å². The number of para-hydroxylation sites is 2. The second-order valence-corrected chi connectivity index (χ2v) is 18.5. The molecule has 2 aromatic heterocycles. The van der Waals surface area contributed by atoms with E-state index in [-0.39, 0.29) is 0 Å². The van der Waals surface area contributed by atoms with Crippen molar-refractivity contribution in [2.75, 3.05) is 0 Å². The predicted molar refractivity (Wildman–Crippen MR) is 233 cm³/mol. The molecule has 256 valence electrons. The van der Waals surface area contributed by atoms with Gasteiger partial charge in [-0.15, -0.1) is 0 Å². The number of nitrogens with zero attached hydrogens (tertiary/aromatic N) is 2. The lowest BCUT2D eigenvalue weighted by Crippen LogP contribution is -2.70. The molecule has 55 heavy (non-hydrogen) atoms. The molecule has 2 aliphatic heterocycles. The summed E-state index contributed by atoms with van der Waals surface area (Å²) in [5.41, 5.74) is 15.2. The van der Waals surface area contributed by atoms with Crippen molar-refractivity contribution in [3.05, 3.63) is 206 Å².